The minimum Gasteiger partial charge on any atom is -0.387 e. The highest BCUT2D eigenvalue weighted by molar-refractivity contribution is 5.54. The van der Waals surface area contributed by atoms with Gasteiger partial charge < -0.3 is 30.3 Å². The minimum absolute atomic E-state index is 0.0399. The second-order valence-electron chi connectivity index (χ2n) is 17.6. The predicted octanol–water partition coefficient (Wildman–Crippen LogP) is 9.74. The van der Waals surface area contributed by atoms with E-state index in [2.05, 4.69) is 124 Å². The van der Waals surface area contributed by atoms with Crippen LogP contribution in [0.1, 0.15) is 104 Å². The van der Waals surface area contributed by atoms with Crippen LogP contribution in [-0.4, -0.2) is 57.9 Å². The van der Waals surface area contributed by atoms with Crippen molar-refractivity contribution in [3.05, 3.63) is 109 Å². The Hall–Kier alpha value is -3.16. The number of benzene rings is 2. The second kappa shape index (κ2) is 16.9. The zero-order valence-electron chi connectivity index (χ0n) is 32.7. The first-order valence-corrected chi connectivity index (χ1v) is 19.6. The van der Waals surface area contributed by atoms with E-state index in [0.717, 1.165) is 62.7 Å². The van der Waals surface area contributed by atoms with Crippen LogP contribution in [0.4, 0.5) is 11.4 Å². The highest BCUT2D eigenvalue weighted by atomic mass is 16.5. The molecule has 3 aliphatic rings. The molecular formula is C46H66N2O4. The monoisotopic (exact) mass is 711 g/mol. The van der Waals surface area contributed by atoms with Gasteiger partial charge in [-0.25, -0.2) is 0 Å². The molecule has 2 aromatic carbocycles. The van der Waals surface area contributed by atoms with E-state index < -0.39 is 11.2 Å². The molecule has 0 amide bonds. The number of nitrogens with one attached hydrogen (secondary N) is 2. The van der Waals surface area contributed by atoms with Crippen LogP contribution < -0.4 is 10.6 Å². The third-order valence-corrected chi connectivity index (χ3v) is 11.8. The average Bonchev–Trinajstić information content (AvgIpc) is 3.81. The van der Waals surface area contributed by atoms with Crippen LogP contribution in [0, 0.1) is 10.8 Å². The number of anilines is 2. The molecule has 2 fully saturated rings. The zero-order chi connectivity index (χ0) is 37.6. The quantitative estimate of drug-likeness (QED) is 0.224. The summed E-state index contributed by atoms with van der Waals surface area (Å²) in [6.45, 7) is 20.9. The van der Waals surface area contributed by atoms with Crippen molar-refractivity contribution in [1.29, 1.82) is 0 Å². The smallest absolute Gasteiger partial charge is 0.0914 e. The molecule has 6 heteroatoms. The molecule has 4 N–H and O–H groups in total. The van der Waals surface area contributed by atoms with Gasteiger partial charge in [0.05, 0.1) is 47.7 Å². The van der Waals surface area contributed by atoms with E-state index in [0.29, 0.717) is 12.8 Å². The Labute approximate surface area is 314 Å². The van der Waals surface area contributed by atoms with Gasteiger partial charge >= 0.3 is 0 Å². The van der Waals surface area contributed by atoms with Crippen molar-refractivity contribution in [1.82, 2.24) is 0 Å². The van der Waals surface area contributed by atoms with Gasteiger partial charge in [0.15, 0.2) is 0 Å². The summed E-state index contributed by atoms with van der Waals surface area (Å²) in [6.07, 6.45) is 19.6. The zero-order valence-corrected chi connectivity index (χ0v) is 32.7. The molecule has 284 valence electrons. The minimum atomic E-state index is -0.989. The number of hydrogen-bond acceptors (Lipinski definition) is 6. The third kappa shape index (κ3) is 10.5. The van der Waals surface area contributed by atoms with E-state index >= 15 is 0 Å². The molecule has 3 heterocycles. The van der Waals surface area contributed by atoms with E-state index in [9.17, 15) is 10.2 Å². The number of allylic oxidation sites excluding steroid dienone is 4. The summed E-state index contributed by atoms with van der Waals surface area (Å²) >= 11 is 0. The lowest BCUT2D eigenvalue weighted by Gasteiger charge is -2.35. The Balaban J connectivity index is 1.45. The van der Waals surface area contributed by atoms with Crippen LogP contribution in [0.5, 0.6) is 0 Å². The number of rotatable bonds is 6. The highest BCUT2D eigenvalue weighted by Gasteiger charge is 2.43. The Morgan fingerprint density at radius 2 is 1.04 bits per heavy atom. The lowest BCUT2D eigenvalue weighted by atomic mass is 9.83. The topological polar surface area (TPSA) is 83.0 Å². The van der Waals surface area contributed by atoms with Crippen molar-refractivity contribution in [3.63, 3.8) is 0 Å². The average molecular weight is 711 g/mol. The van der Waals surface area contributed by atoms with E-state index in [1.54, 1.807) is 0 Å². The van der Waals surface area contributed by atoms with Crippen LogP contribution in [-0.2, 0) is 22.3 Å². The first-order chi connectivity index (χ1) is 24.6. The molecule has 0 spiro atoms. The summed E-state index contributed by atoms with van der Waals surface area (Å²) in [4.78, 5) is 0. The van der Waals surface area contributed by atoms with Crippen molar-refractivity contribution < 1.29 is 19.7 Å². The standard InChI is InChI=1S/C46H66N2O4/c1-9-43(3,4)31-37-39-25-27-41(51-39)45(7,49)29-18-16-22-34-20-12-14-24-36(34)48-38(32-44(5,6)10-2)40-26-28-42(52-40)46(8,50)30-17-15-21-33-19-11-13-23-35(33)47-37/h9-20,23-24,37-42,47-50H,1-2,21-22,25-32H2,3-8H3/b17-15-,18-16-/t37-,38-,39+,40+,41+,42+,45-,46-/m1/s1. The van der Waals surface area contributed by atoms with Crippen molar-refractivity contribution >= 4 is 11.4 Å². The van der Waals surface area contributed by atoms with E-state index in [1.165, 1.54) is 11.1 Å². The molecule has 6 nitrogen and oxygen atoms in total. The SMILES string of the molecule is C=CC(C)(C)C[C@H]1Nc2ccccc2C/C=C\C[C@@](C)(O)[C@@H]2CC[C@H](O2)[C@@H](CC(C)(C)C=C)Nc2ccccc2C/C=C\C[C@@](C)(O)[C@@H]2CC[C@@H]1O2. The van der Waals surface area contributed by atoms with Crippen LogP contribution in [0.2, 0.25) is 0 Å². The van der Waals surface area contributed by atoms with Gasteiger partial charge in [-0.15, -0.1) is 13.2 Å². The number of hydrogen-bond donors (Lipinski definition) is 4. The number of aliphatic hydroxyl groups is 2. The van der Waals surface area contributed by atoms with Crippen LogP contribution in [0.15, 0.2) is 98.1 Å². The van der Waals surface area contributed by atoms with Crippen LogP contribution in [0.25, 0.3) is 0 Å². The van der Waals surface area contributed by atoms with Crippen molar-refractivity contribution in [3.8, 4) is 0 Å². The van der Waals surface area contributed by atoms with Crippen LogP contribution >= 0.6 is 0 Å². The molecule has 2 aromatic rings. The largest absolute Gasteiger partial charge is 0.387 e. The normalized spacial score (nSPS) is 33.3. The van der Waals surface area contributed by atoms with Crippen molar-refractivity contribution in [2.24, 2.45) is 10.8 Å². The van der Waals surface area contributed by atoms with Gasteiger partial charge in [-0.05, 0) is 112 Å². The van der Waals surface area contributed by atoms with E-state index in [1.807, 2.05) is 26.0 Å². The molecule has 52 heavy (non-hydrogen) atoms. The van der Waals surface area contributed by atoms with Gasteiger partial charge in [-0.3, -0.25) is 0 Å². The summed E-state index contributed by atoms with van der Waals surface area (Å²) in [5.41, 5.74) is 2.39. The summed E-state index contributed by atoms with van der Waals surface area (Å²) in [7, 11) is 0. The van der Waals surface area contributed by atoms with E-state index in [4.69, 9.17) is 9.47 Å². The number of ether oxygens (including phenoxy) is 2. The molecule has 0 radical (unpaired) electrons. The lowest BCUT2D eigenvalue weighted by molar-refractivity contribution is -0.0953. The first kappa shape index (κ1) is 40.0. The first-order valence-electron chi connectivity index (χ1n) is 19.6. The molecule has 0 aliphatic carbocycles. The molecule has 0 saturated carbocycles. The van der Waals surface area contributed by atoms with Gasteiger partial charge in [0.2, 0.25) is 0 Å². The molecular weight excluding hydrogens is 645 g/mol. The van der Waals surface area contributed by atoms with Gasteiger partial charge in [-0.1, -0.05) is 101 Å². The Morgan fingerprint density at radius 3 is 1.42 bits per heavy atom. The maximum Gasteiger partial charge on any atom is 0.0914 e. The van der Waals surface area contributed by atoms with Gasteiger partial charge in [-0.2, -0.15) is 0 Å². The number of fused-ring (bicyclic) bond motifs is 6. The predicted molar refractivity (Wildman–Crippen MR) is 217 cm³/mol. The molecule has 8 atom stereocenters. The summed E-state index contributed by atoms with van der Waals surface area (Å²) in [5.74, 6) is 0. The Kier molecular flexibility index (Phi) is 13.0. The van der Waals surface area contributed by atoms with Gasteiger partial charge in [0.25, 0.3) is 0 Å². The number of para-hydroxylation sites is 2. The van der Waals surface area contributed by atoms with Crippen LogP contribution in [0.3, 0.4) is 0 Å². The van der Waals surface area contributed by atoms with Crippen molar-refractivity contribution in [2.45, 2.75) is 153 Å². The summed E-state index contributed by atoms with van der Waals surface area (Å²) < 4.78 is 13.5. The van der Waals surface area contributed by atoms with E-state index in [-0.39, 0.29) is 47.3 Å². The summed E-state index contributed by atoms with van der Waals surface area (Å²) in [5, 5.41) is 31.2. The maximum absolute atomic E-state index is 11.7. The molecule has 5 rings (SSSR count). The Morgan fingerprint density at radius 1 is 0.654 bits per heavy atom. The summed E-state index contributed by atoms with van der Waals surface area (Å²) in [6, 6.07) is 17.0. The molecule has 0 unspecified atom stereocenters. The Bertz CT molecular complexity index is 1440. The second-order valence-corrected chi connectivity index (χ2v) is 17.6. The molecule has 3 aliphatic heterocycles. The fourth-order valence-corrected chi connectivity index (χ4v) is 8.09. The van der Waals surface area contributed by atoms with Crippen molar-refractivity contribution in [2.75, 3.05) is 10.6 Å². The van der Waals surface area contributed by atoms with Gasteiger partial charge in [0.1, 0.15) is 0 Å². The molecule has 2 saturated heterocycles. The third-order valence-electron chi connectivity index (χ3n) is 11.8. The molecule has 0 aromatic heterocycles. The lowest BCUT2D eigenvalue weighted by Crippen LogP contribution is -2.42. The molecule has 4 bridgehead atoms. The maximum atomic E-state index is 11.7. The fourth-order valence-electron chi connectivity index (χ4n) is 8.09. The highest BCUT2D eigenvalue weighted by Crippen LogP contribution is 2.39. The fraction of sp³-hybridized carbons (Fsp3) is 0.565. The van der Waals surface area contributed by atoms with Gasteiger partial charge in [0, 0.05) is 11.4 Å².